The highest BCUT2D eigenvalue weighted by Crippen LogP contribution is 2.39. The third kappa shape index (κ3) is 4.23. The molecule has 1 N–H and O–H groups in total. The first-order valence-electron chi connectivity index (χ1n) is 15.4. The van der Waals surface area contributed by atoms with Crippen molar-refractivity contribution in [2.75, 3.05) is 0 Å². The van der Waals surface area contributed by atoms with E-state index in [4.69, 9.17) is 9.97 Å². The maximum absolute atomic E-state index is 10.6. The third-order valence-electron chi connectivity index (χ3n) is 8.87. The molecule has 0 radical (unpaired) electrons. The SMILES string of the molecule is Oc1cccc2ccc(-c3c4ccccc4cc4cc(-c5ccc(-c6nc7ccccc7n6-c6ccccc6)cc5)ccc34)nc12. The molecule has 0 aliphatic heterocycles. The Bertz CT molecular complexity index is 2590. The Balaban J connectivity index is 1.16. The molecule has 0 amide bonds. The minimum atomic E-state index is 0.189. The number of phenolic OH excluding ortho intramolecular Hbond substituents is 1. The van der Waals surface area contributed by atoms with Crippen LogP contribution < -0.4 is 0 Å². The monoisotopic (exact) mass is 589 g/mol. The first-order chi connectivity index (χ1) is 22.7. The lowest BCUT2D eigenvalue weighted by Gasteiger charge is -2.14. The van der Waals surface area contributed by atoms with E-state index in [1.807, 2.05) is 30.3 Å². The highest BCUT2D eigenvalue weighted by atomic mass is 16.3. The number of nitrogens with zero attached hydrogens (tertiary/aromatic N) is 3. The van der Waals surface area contributed by atoms with Crippen molar-refractivity contribution in [1.82, 2.24) is 14.5 Å². The van der Waals surface area contributed by atoms with E-state index in [9.17, 15) is 5.11 Å². The molecule has 7 aromatic carbocycles. The quantitative estimate of drug-likeness (QED) is 0.208. The van der Waals surface area contributed by atoms with Crippen LogP contribution in [0.15, 0.2) is 158 Å². The molecule has 4 heteroatoms. The Morgan fingerprint density at radius 1 is 0.478 bits per heavy atom. The minimum absolute atomic E-state index is 0.189. The van der Waals surface area contributed by atoms with Gasteiger partial charge in [0, 0.05) is 22.2 Å². The van der Waals surface area contributed by atoms with E-state index in [-0.39, 0.29) is 5.75 Å². The van der Waals surface area contributed by atoms with Gasteiger partial charge in [-0.05, 0) is 81.2 Å². The van der Waals surface area contributed by atoms with Crippen LogP contribution in [0, 0.1) is 0 Å². The van der Waals surface area contributed by atoms with Crippen molar-refractivity contribution in [3.8, 4) is 45.2 Å². The maximum Gasteiger partial charge on any atom is 0.145 e. The Hall–Kier alpha value is -6.26. The van der Waals surface area contributed by atoms with Crippen LogP contribution in [-0.2, 0) is 0 Å². The van der Waals surface area contributed by atoms with Crippen molar-refractivity contribution in [1.29, 1.82) is 0 Å². The number of rotatable bonds is 4. The predicted molar refractivity (Wildman–Crippen MR) is 189 cm³/mol. The highest BCUT2D eigenvalue weighted by molar-refractivity contribution is 6.13. The van der Waals surface area contributed by atoms with Crippen molar-refractivity contribution in [3.63, 3.8) is 0 Å². The summed E-state index contributed by atoms with van der Waals surface area (Å²) in [5, 5.41) is 16.0. The van der Waals surface area contributed by atoms with Crippen LogP contribution in [0.25, 0.3) is 82.9 Å². The number of hydrogen-bond donors (Lipinski definition) is 1. The van der Waals surface area contributed by atoms with Gasteiger partial charge in [-0.1, -0.05) is 109 Å². The molecule has 46 heavy (non-hydrogen) atoms. The average Bonchev–Trinajstić information content (AvgIpc) is 3.51. The van der Waals surface area contributed by atoms with Gasteiger partial charge in [0.1, 0.15) is 17.1 Å². The van der Waals surface area contributed by atoms with Gasteiger partial charge in [0.15, 0.2) is 0 Å². The van der Waals surface area contributed by atoms with Crippen molar-refractivity contribution >= 4 is 43.5 Å². The van der Waals surface area contributed by atoms with Crippen molar-refractivity contribution < 1.29 is 5.11 Å². The molecule has 0 fully saturated rings. The van der Waals surface area contributed by atoms with Gasteiger partial charge in [-0.15, -0.1) is 0 Å². The van der Waals surface area contributed by atoms with Crippen molar-refractivity contribution in [3.05, 3.63) is 158 Å². The fourth-order valence-corrected chi connectivity index (χ4v) is 6.67. The second-order valence-electron chi connectivity index (χ2n) is 11.6. The van der Waals surface area contributed by atoms with Gasteiger partial charge in [-0.25, -0.2) is 9.97 Å². The Kier molecular flexibility index (Phi) is 5.93. The van der Waals surface area contributed by atoms with Crippen molar-refractivity contribution in [2.24, 2.45) is 0 Å². The number of benzene rings is 7. The normalized spacial score (nSPS) is 11.6. The molecule has 2 aromatic heterocycles. The molecule has 4 nitrogen and oxygen atoms in total. The number of pyridine rings is 1. The van der Waals surface area contributed by atoms with Crippen LogP contribution in [-0.4, -0.2) is 19.6 Å². The van der Waals surface area contributed by atoms with Crippen molar-refractivity contribution in [2.45, 2.75) is 0 Å². The first kappa shape index (κ1) is 26.2. The van der Waals surface area contributed by atoms with Gasteiger partial charge in [0.2, 0.25) is 0 Å². The molecule has 0 saturated heterocycles. The van der Waals surface area contributed by atoms with Crippen LogP contribution in [0.2, 0.25) is 0 Å². The van der Waals surface area contributed by atoms with Crippen LogP contribution >= 0.6 is 0 Å². The summed E-state index contributed by atoms with van der Waals surface area (Å²) in [6.45, 7) is 0. The molecule has 0 atom stereocenters. The third-order valence-corrected chi connectivity index (χ3v) is 8.87. The fraction of sp³-hybridized carbons (Fsp3) is 0. The Morgan fingerprint density at radius 2 is 1.20 bits per heavy atom. The number of aromatic hydroxyl groups is 1. The van der Waals surface area contributed by atoms with E-state index in [1.54, 1.807) is 6.07 Å². The first-order valence-corrected chi connectivity index (χ1v) is 15.4. The predicted octanol–water partition coefficient (Wildman–Crippen LogP) is 10.6. The number of para-hydroxylation sites is 4. The Labute approximate surface area is 265 Å². The lowest BCUT2D eigenvalue weighted by atomic mass is 9.92. The maximum atomic E-state index is 10.6. The van der Waals surface area contributed by atoms with E-state index in [0.717, 1.165) is 77.4 Å². The molecule has 0 aliphatic rings. The largest absolute Gasteiger partial charge is 0.506 e. The van der Waals surface area contributed by atoms with Crippen LogP contribution in [0.4, 0.5) is 0 Å². The summed E-state index contributed by atoms with van der Waals surface area (Å²) in [5.74, 6) is 1.11. The summed E-state index contributed by atoms with van der Waals surface area (Å²) in [6.07, 6.45) is 0. The fourth-order valence-electron chi connectivity index (χ4n) is 6.67. The average molecular weight is 590 g/mol. The molecule has 0 unspecified atom stereocenters. The molecule has 2 heterocycles. The summed E-state index contributed by atoms with van der Waals surface area (Å²) in [6, 6.07) is 54.3. The molecule has 9 rings (SSSR count). The molecule has 9 aromatic rings. The van der Waals surface area contributed by atoms with Gasteiger partial charge in [-0.3, -0.25) is 4.57 Å². The lowest BCUT2D eigenvalue weighted by molar-refractivity contribution is 0.480. The van der Waals surface area contributed by atoms with Gasteiger partial charge < -0.3 is 5.11 Å². The summed E-state index contributed by atoms with van der Waals surface area (Å²) in [5.41, 5.74) is 9.00. The number of aromatic nitrogens is 3. The van der Waals surface area contributed by atoms with Crippen LogP contribution in [0.5, 0.6) is 5.75 Å². The molecule has 216 valence electrons. The molecular formula is C42H27N3O. The van der Waals surface area contributed by atoms with E-state index in [2.05, 4.69) is 126 Å². The summed E-state index contributed by atoms with van der Waals surface area (Å²) in [7, 11) is 0. The van der Waals surface area contributed by atoms with Gasteiger partial charge in [0.05, 0.1) is 16.7 Å². The number of imidazole rings is 1. The molecular weight excluding hydrogens is 562 g/mol. The van der Waals surface area contributed by atoms with E-state index < -0.39 is 0 Å². The molecule has 0 aliphatic carbocycles. The van der Waals surface area contributed by atoms with Gasteiger partial charge >= 0.3 is 0 Å². The zero-order valence-electron chi connectivity index (χ0n) is 24.8. The zero-order chi connectivity index (χ0) is 30.6. The topological polar surface area (TPSA) is 50.9 Å². The van der Waals surface area contributed by atoms with E-state index >= 15 is 0 Å². The van der Waals surface area contributed by atoms with Crippen LogP contribution in [0.3, 0.4) is 0 Å². The Morgan fingerprint density at radius 3 is 2.09 bits per heavy atom. The second-order valence-corrected chi connectivity index (χ2v) is 11.6. The summed E-state index contributed by atoms with van der Waals surface area (Å²) < 4.78 is 2.23. The standard InChI is InChI=1S/C42H27N3O/c46-39-16-8-10-28-22-24-37(43-41(28)39)40-34-13-5-4-9-31(34)26-32-25-30(21-23-35(32)40)27-17-19-29(20-18-27)42-44-36-14-6-7-15-38(36)45(42)33-11-2-1-3-12-33/h1-26,46H. The molecule has 0 saturated carbocycles. The van der Waals surface area contributed by atoms with E-state index in [0.29, 0.717) is 5.52 Å². The van der Waals surface area contributed by atoms with Gasteiger partial charge in [0.25, 0.3) is 0 Å². The number of fused-ring (bicyclic) bond motifs is 4. The minimum Gasteiger partial charge on any atom is -0.506 e. The lowest BCUT2D eigenvalue weighted by Crippen LogP contribution is -1.97. The highest BCUT2D eigenvalue weighted by Gasteiger charge is 2.16. The molecule has 0 spiro atoms. The van der Waals surface area contributed by atoms with Crippen LogP contribution in [0.1, 0.15) is 0 Å². The van der Waals surface area contributed by atoms with Gasteiger partial charge in [-0.2, -0.15) is 0 Å². The second kappa shape index (κ2) is 10.4. The zero-order valence-corrected chi connectivity index (χ0v) is 24.8. The van der Waals surface area contributed by atoms with E-state index in [1.165, 1.54) is 0 Å². The summed E-state index contributed by atoms with van der Waals surface area (Å²) in [4.78, 5) is 9.99. The number of hydrogen-bond acceptors (Lipinski definition) is 3. The number of phenols is 1. The summed E-state index contributed by atoms with van der Waals surface area (Å²) >= 11 is 0. The smallest absolute Gasteiger partial charge is 0.145 e. The molecule has 0 bridgehead atoms.